The quantitative estimate of drug-likeness (QED) is 0.249. The van der Waals surface area contributed by atoms with E-state index in [-0.39, 0.29) is 0 Å². The van der Waals surface area contributed by atoms with Gasteiger partial charge in [0, 0.05) is 6.08 Å². The lowest BCUT2D eigenvalue weighted by Gasteiger charge is -1.85. The molecule has 0 unspecified atom stereocenters. The minimum absolute atomic E-state index is 0.715. The molecule has 0 radical (unpaired) electrons. The van der Waals surface area contributed by atoms with Gasteiger partial charge in [0.15, 0.2) is 0 Å². The van der Waals surface area contributed by atoms with Crippen molar-refractivity contribution in [3.63, 3.8) is 0 Å². The molecule has 6 heteroatoms. The molecule has 0 aromatic rings. The molecule has 0 spiro atoms. The standard InChI is InChI=1S/C6H6N2.BH3O3/c7-8-6-4-2-1-3-5-6;2-1(3)4/h1-4H,5H2;2-4H. The summed E-state index contributed by atoms with van der Waals surface area (Å²) in [5, 5.41) is 21.5. The van der Waals surface area contributed by atoms with E-state index in [1.54, 1.807) is 6.08 Å². The smallest absolute Gasteiger partial charge is 0.402 e. The monoisotopic (exact) mass is 168 g/mol. The zero-order chi connectivity index (χ0) is 9.40. The maximum Gasteiger partial charge on any atom is 0.631 e. The van der Waals surface area contributed by atoms with Crippen molar-refractivity contribution in [2.75, 3.05) is 0 Å². The van der Waals surface area contributed by atoms with Crippen LogP contribution in [0, 0.1) is 0 Å². The van der Waals surface area contributed by atoms with Gasteiger partial charge < -0.3 is 20.6 Å². The van der Waals surface area contributed by atoms with Crippen LogP contribution < -0.4 is 0 Å². The minimum atomic E-state index is -2.17. The lowest BCUT2D eigenvalue weighted by atomic mass is 10.2. The molecule has 1 aliphatic rings. The van der Waals surface area contributed by atoms with E-state index in [2.05, 4.69) is 4.79 Å². The Kier molecular flexibility index (Phi) is 5.86. The Bertz CT molecular complexity index is 228. The van der Waals surface area contributed by atoms with E-state index < -0.39 is 7.32 Å². The normalized spacial score (nSPS) is 13.1. The van der Waals surface area contributed by atoms with Crippen molar-refractivity contribution in [1.29, 1.82) is 0 Å². The van der Waals surface area contributed by atoms with Gasteiger partial charge in [-0.2, -0.15) is 4.79 Å². The molecule has 0 aliphatic heterocycles. The second-order valence-electron chi connectivity index (χ2n) is 1.93. The summed E-state index contributed by atoms with van der Waals surface area (Å²) in [4.78, 5) is 3.03. The molecule has 0 heterocycles. The summed E-state index contributed by atoms with van der Waals surface area (Å²) in [5.41, 5.74) is 8.91. The third-order valence-electron chi connectivity index (χ3n) is 0.991. The lowest BCUT2D eigenvalue weighted by molar-refractivity contribution is -0.00537. The van der Waals surface area contributed by atoms with Crippen LogP contribution in [0.4, 0.5) is 0 Å². The van der Waals surface area contributed by atoms with E-state index in [9.17, 15) is 0 Å². The van der Waals surface area contributed by atoms with Gasteiger partial charge in [-0.05, 0) is 0 Å². The molecule has 0 atom stereocenters. The van der Waals surface area contributed by atoms with E-state index in [1.165, 1.54) is 0 Å². The van der Waals surface area contributed by atoms with Crippen LogP contribution in [-0.2, 0) is 0 Å². The highest BCUT2D eigenvalue weighted by atomic mass is 16.5. The first-order valence-electron chi connectivity index (χ1n) is 3.25. The van der Waals surface area contributed by atoms with E-state index in [1.807, 2.05) is 18.2 Å². The van der Waals surface area contributed by atoms with Gasteiger partial charge in [0.25, 0.3) is 5.71 Å². The van der Waals surface area contributed by atoms with Gasteiger partial charge in [-0.3, -0.25) is 0 Å². The minimum Gasteiger partial charge on any atom is -0.402 e. The van der Waals surface area contributed by atoms with Crippen LogP contribution in [0.1, 0.15) is 6.42 Å². The highest BCUT2D eigenvalue weighted by Gasteiger charge is 1.99. The number of hydrogen-bond donors (Lipinski definition) is 3. The Morgan fingerprint density at radius 3 is 2.17 bits per heavy atom. The molecular formula is C6H9BN2O3. The predicted octanol–water partition coefficient (Wildman–Crippen LogP) is -0.878. The second-order valence-corrected chi connectivity index (χ2v) is 1.93. The Labute approximate surface area is 70.1 Å². The topological polar surface area (TPSA) is 97.1 Å². The molecule has 3 N–H and O–H groups in total. The summed E-state index contributed by atoms with van der Waals surface area (Å²) in [7, 11) is -2.17. The summed E-state index contributed by atoms with van der Waals surface area (Å²) in [5.74, 6) is 0. The van der Waals surface area contributed by atoms with Gasteiger partial charge in [0.2, 0.25) is 0 Å². The van der Waals surface area contributed by atoms with Crippen molar-refractivity contribution in [3.05, 3.63) is 29.8 Å². The molecule has 1 aliphatic carbocycles. The fraction of sp³-hybridized carbons (Fsp3) is 0.167. The Morgan fingerprint density at radius 2 is 1.92 bits per heavy atom. The molecule has 0 aromatic carbocycles. The Morgan fingerprint density at radius 1 is 1.33 bits per heavy atom. The Hall–Kier alpha value is -1.20. The van der Waals surface area contributed by atoms with Gasteiger partial charge >= 0.3 is 7.32 Å². The number of rotatable bonds is 0. The molecule has 0 amide bonds. The fourth-order valence-corrected chi connectivity index (χ4v) is 0.576. The van der Waals surface area contributed by atoms with Crippen LogP contribution >= 0.6 is 0 Å². The van der Waals surface area contributed by atoms with Crippen molar-refractivity contribution in [2.24, 2.45) is 0 Å². The number of hydrogen-bond acceptors (Lipinski definition) is 3. The maximum atomic E-state index is 8.19. The summed E-state index contributed by atoms with van der Waals surface area (Å²) < 4.78 is 0. The molecule has 0 saturated carbocycles. The first-order chi connectivity index (χ1) is 5.66. The molecular weight excluding hydrogens is 159 g/mol. The van der Waals surface area contributed by atoms with Crippen molar-refractivity contribution < 1.29 is 19.9 Å². The van der Waals surface area contributed by atoms with Crippen molar-refractivity contribution in [2.45, 2.75) is 6.42 Å². The van der Waals surface area contributed by atoms with E-state index in [4.69, 9.17) is 20.6 Å². The summed E-state index contributed by atoms with van der Waals surface area (Å²) >= 11 is 0. The van der Waals surface area contributed by atoms with Crippen LogP contribution in [-0.4, -0.2) is 32.9 Å². The third-order valence-corrected chi connectivity index (χ3v) is 0.991. The van der Waals surface area contributed by atoms with Crippen molar-refractivity contribution in [1.82, 2.24) is 0 Å². The Balaban J connectivity index is 0.000000261. The summed E-state index contributed by atoms with van der Waals surface area (Å²) in [6.07, 6.45) is 8.23. The molecule has 0 fully saturated rings. The number of allylic oxidation sites excluding steroid dienone is 4. The molecule has 0 aromatic heterocycles. The van der Waals surface area contributed by atoms with Gasteiger partial charge in [-0.25, -0.2) is 0 Å². The lowest BCUT2D eigenvalue weighted by Crippen LogP contribution is -2.07. The van der Waals surface area contributed by atoms with Crippen LogP contribution in [0.25, 0.3) is 5.53 Å². The molecule has 12 heavy (non-hydrogen) atoms. The molecule has 0 saturated heterocycles. The van der Waals surface area contributed by atoms with E-state index >= 15 is 0 Å². The number of nitrogens with zero attached hydrogens (tertiary/aromatic N) is 2. The largest absolute Gasteiger partial charge is 0.631 e. The molecule has 64 valence electrons. The van der Waals surface area contributed by atoms with E-state index in [0.29, 0.717) is 5.71 Å². The van der Waals surface area contributed by atoms with Gasteiger partial charge in [0.1, 0.15) is 0 Å². The third kappa shape index (κ3) is 6.92. The molecule has 1 rings (SSSR count). The SMILES string of the molecule is OB(O)O.[N-]=[N+]=C1C=CC=CC1. The molecule has 5 nitrogen and oxygen atoms in total. The van der Waals surface area contributed by atoms with Crippen LogP contribution in [0.2, 0.25) is 0 Å². The fourth-order valence-electron chi connectivity index (χ4n) is 0.576. The van der Waals surface area contributed by atoms with Gasteiger partial charge in [-0.1, -0.05) is 18.2 Å². The van der Waals surface area contributed by atoms with Crippen LogP contribution in [0.15, 0.2) is 24.3 Å². The van der Waals surface area contributed by atoms with E-state index in [0.717, 1.165) is 6.42 Å². The first kappa shape index (κ1) is 10.8. The zero-order valence-corrected chi connectivity index (χ0v) is 6.33. The van der Waals surface area contributed by atoms with Crippen LogP contribution in [0.5, 0.6) is 0 Å². The second kappa shape index (κ2) is 6.51. The summed E-state index contributed by atoms with van der Waals surface area (Å²) in [6.45, 7) is 0. The summed E-state index contributed by atoms with van der Waals surface area (Å²) in [6, 6.07) is 0. The molecule has 0 bridgehead atoms. The van der Waals surface area contributed by atoms with Crippen molar-refractivity contribution >= 4 is 13.0 Å². The zero-order valence-electron chi connectivity index (χ0n) is 6.33. The highest BCUT2D eigenvalue weighted by molar-refractivity contribution is 6.30. The average molecular weight is 168 g/mol. The highest BCUT2D eigenvalue weighted by Crippen LogP contribution is 1.94. The average Bonchev–Trinajstić information content (AvgIpc) is 2.05. The van der Waals surface area contributed by atoms with Gasteiger partial charge in [0.05, 0.1) is 6.42 Å². The first-order valence-corrected chi connectivity index (χ1v) is 3.25. The van der Waals surface area contributed by atoms with Crippen LogP contribution in [0.3, 0.4) is 0 Å². The maximum absolute atomic E-state index is 8.19. The van der Waals surface area contributed by atoms with Gasteiger partial charge in [-0.15, -0.1) is 0 Å². The predicted molar refractivity (Wildman–Crippen MR) is 43.9 cm³/mol. The van der Waals surface area contributed by atoms with Crippen molar-refractivity contribution in [3.8, 4) is 0 Å².